The lowest BCUT2D eigenvalue weighted by molar-refractivity contribution is -0.146. The van der Waals surface area contributed by atoms with Crippen LogP contribution in [-0.4, -0.2) is 36.5 Å². The molecule has 0 aromatic heterocycles. The van der Waals surface area contributed by atoms with Gasteiger partial charge in [-0.2, -0.15) is 0 Å². The van der Waals surface area contributed by atoms with Crippen molar-refractivity contribution in [2.75, 3.05) is 13.7 Å². The van der Waals surface area contributed by atoms with Crippen LogP contribution in [0.25, 0.3) is 16.8 Å². The highest BCUT2D eigenvalue weighted by Crippen LogP contribution is 2.19. The van der Waals surface area contributed by atoms with Crippen LogP contribution >= 0.6 is 0 Å². The number of esters is 1. The maximum absolute atomic E-state index is 12.4. The molecule has 0 saturated carbocycles. The molecule has 2 rings (SSSR count). The van der Waals surface area contributed by atoms with Crippen LogP contribution in [0.3, 0.4) is 0 Å². The summed E-state index contributed by atoms with van der Waals surface area (Å²) in [5, 5.41) is 2.21. The standard InChI is InChI=1S/C19H21NO3/c1-14(2)20(13-19(22)23-3)18(21)12-11-16-9-6-8-15-7-4-5-10-17(15)16/h4-12,14H,13H2,1-3H3/b12-11+. The number of hydrogen-bond acceptors (Lipinski definition) is 3. The third kappa shape index (κ3) is 4.19. The molecule has 0 spiro atoms. The second-order valence-electron chi connectivity index (χ2n) is 5.54. The Bertz CT molecular complexity index is 729. The van der Waals surface area contributed by atoms with E-state index in [1.54, 1.807) is 6.08 Å². The fourth-order valence-electron chi connectivity index (χ4n) is 2.37. The van der Waals surface area contributed by atoms with Crippen molar-refractivity contribution in [3.05, 3.63) is 54.1 Å². The minimum absolute atomic E-state index is 0.0487. The molecule has 4 heteroatoms. The average molecular weight is 311 g/mol. The number of ether oxygens (including phenoxy) is 1. The molecule has 0 fully saturated rings. The first-order chi connectivity index (χ1) is 11.0. The van der Waals surface area contributed by atoms with Gasteiger partial charge in [-0.3, -0.25) is 9.59 Å². The molecule has 0 bridgehead atoms. The lowest BCUT2D eigenvalue weighted by Crippen LogP contribution is -2.40. The van der Waals surface area contributed by atoms with Crippen LogP contribution in [0.15, 0.2) is 48.5 Å². The first-order valence-electron chi connectivity index (χ1n) is 7.56. The van der Waals surface area contributed by atoms with E-state index < -0.39 is 5.97 Å². The van der Waals surface area contributed by atoms with E-state index in [9.17, 15) is 9.59 Å². The van der Waals surface area contributed by atoms with Crippen LogP contribution < -0.4 is 0 Å². The normalized spacial score (nSPS) is 11.1. The Morgan fingerprint density at radius 1 is 1.13 bits per heavy atom. The molecule has 0 heterocycles. The van der Waals surface area contributed by atoms with Crippen molar-refractivity contribution in [2.24, 2.45) is 0 Å². The molecule has 0 aliphatic heterocycles. The molecule has 2 aromatic carbocycles. The van der Waals surface area contributed by atoms with Crippen LogP contribution in [0.1, 0.15) is 19.4 Å². The Labute approximate surface area is 136 Å². The van der Waals surface area contributed by atoms with Gasteiger partial charge in [-0.15, -0.1) is 0 Å². The quantitative estimate of drug-likeness (QED) is 0.629. The van der Waals surface area contributed by atoms with Crippen molar-refractivity contribution in [3.8, 4) is 0 Å². The predicted octanol–water partition coefficient (Wildman–Crippen LogP) is 3.26. The maximum atomic E-state index is 12.4. The van der Waals surface area contributed by atoms with E-state index in [1.165, 1.54) is 18.1 Å². The molecule has 0 aliphatic rings. The second-order valence-corrected chi connectivity index (χ2v) is 5.54. The Kier molecular flexibility index (Phi) is 5.52. The lowest BCUT2D eigenvalue weighted by atomic mass is 10.0. The zero-order valence-corrected chi connectivity index (χ0v) is 13.7. The zero-order chi connectivity index (χ0) is 16.8. The summed E-state index contributed by atoms with van der Waals surface area (Å²) in [4.78, 5) is 25.3. The summed E-state index contributed by atoms with van der Waals surface area (Å²) in [5.41, 5.74) is 0.971. The number of methoxy groups -OCH3 is 1. The highest BCUT2D eigenvalue weighted by molar-refractivity contribution is 5.97. The number of carbonyl (C=O) groups excluding carboxylic acids is 2. The Hall–Kier alpha value is -2.62. The summed E-state index contributed by atoms with van der Waals surface area (Å²) in [5.74, 6) is -0.635. The average Bonchev–Trinajstić information content (AvgIpc) is 2.56. The van der Waals surface area contributed by atoms with Crippen molar-refractivity contribution in [1.29, 1.82) is 0 Å². The first-order valence-corrected chi connectivity index (χ1v) is 7.56. The van der Waals surface area contributed by atoms with Crippen molar-refractivity contribution < 1.29 is 14.3 Å². The van der Waals surface area contributed by atoms with E-state index in [0.717, 1.165) is 16.3 Å². The summed E-state index contributed by atoms with van der Waals surface area (Å²) in [6.07, 6.45) is 3.29. The van der Waals surface area contributed by atoms with Gasteiger partial charge in [0.2, 0.25) is 5.91 Å². The van der Waals surface area contributed by atoms with Crippen LogP contribution in [0.5, 0.6) is 0 Å². The van der Waals surface area contributed by atoms with Gasteiger partial charge >= 0.3 is 5.97 Å². The number of benzene rings is 2. The number of fused-ring (bicyclic) bond motifs is 1. The molecule has 0 unspecified atom stereocenters. The Balaban J connectivity index is 2.23. The fourth-order valence-corrected chi connectivity index (χ4v) is 2.37. The van der Waals surface area contributed by atoms with Crippen LogP contribution in [0.4, 0.5) is 0 Å². The predicted molar refractivity (Wildman–Crippen MR) is 91.8 cm³/mol. The van der Waals surface area contributed by atoms with Gasteiger partial charge in [0.25, 0.3) is 0 Å². The van der Waals surface area contributed by atoms with Gasteiger partial charge in [-0.05, 0) is 36.3 Å². The molecule has 0 aliphatic carbocycles. The van der Waals surface area contributed by atoms with Gasteiger partial charge in [-0.1, -0.05) is 42.5 Å². The van der Waals surface area contributed by atoms with Gasteiger partial charge in [-0.25, -0.2) is 0 Å². The fraction of sp³-hybridized carbons (Fsp3) is 0.263. The van der Waals surface area contributed by atoms with E-state index in [0.29, 0.717) is 0 Å². The molecule has 0 saturated heterocycles. The highest BCUT2D eigenvalue weighted by Gasteiger charge is 2.18. The summed E-state index contributed by atoms with van der Waals surface area (Å²) in [6.45, 7) is 3.69. The zero-order valence-electron chi connectivity index (χ0n) is 13.7. The van der Waals surface area contributed by atoms with Crippen LogP contribution in [0, 0.1) is 0 Å². The largest absolute Gasteiger partial charge is 0.468 e. The third-order valence-corrected chi connectivity index (χ3v) is 3.66. The Morgan fingerprint density at radius 2 is 1.83 bits per heavy atom. The Morgan fingerprint density at radius 3 is 2.52 bits per heavy atom. The number of hydrogen-bond donors (Lipinski definition) is 0. The van der Waals surface area contributed by atoms with E-state index in [-0.39, 0.29) is 18.5 Å². The lowest BCUT2D eigenvalue weighted by Gasteiger charge is -2.24. The minimum Gasteiger partial charge on any atom is -0.468 e. The summed E-state index contributed by atoms with van der Waals surface area (Å²) < 4.78 is 4.64. The van der Waals surface area contributed by atoms with E-state index in [2.05, 4.69) is 4.74 Å². The number of rotatable bonds is 5. The topological polar surface area (TPSA) is 46.6 Å². The molecule has 2 aromatic rings. The summed E-state index contributed by atoms with van der Waals surface area (Å²) in [6, 6.07) is 13.9. The molecule has 0 atom stereocenters. The SMILES string of the molecule is COC(=O)CN(C(=O)/C=C/c1cccc2ccccc12)C(C)C. The van der Waals surface area contributed by atoms with Crippen LogP contribution in [-0.2, 0) is 14.3 Å². The molecular formula is C19H21NO3. The number of amides is 1. The van der Waals surface area contributed by atoms with Gasteiger partial charge in [0.15, 0.2) is 0 Å². The number of nitrogens with zero attached hydrogens (tertiary/aromatic N) is 1. The molecule has 0 N–H and O–H groups in total. The summed E-state index contributed by atoms with van der Waals surface area (Å²) >= 11 is 0. The van der Waals surface area contributed by atoms with E-state index in [1.807, 2.05) is 56.3 Å². The van der Waals surface area contributed by atoms with Crippen molar-refractivity contribution in [1.82, 2.24) is 4.90 Å². The first kappa shape index (κ1) is 16.7. The third-order valence-electron chi connectivity index (χ3n) is 3.66. The smallest absolute Gasteiger partial charge is 0.325 e. The van der Waals surface area contributed by atoms with Gasteiger partial charge < -0.3 is 9.64 Å². The molecule has 4 nitrogen and oxygen atoms in total. The maximum Gasteiger partial charge on any atom is 0.325 e. The van der Waals surface area contributed by atoms with Gasteiger partial charge in [0, 0.05) is 12.1 Å². The molecule has 1 amide bonds. The molecule has 0 radical (unpaired) electrons. The molecule has 23 heavy (non-hydrogen) atoms. The molecule has 120 valence electrons. The van der Waals surface area contributed by atoms with Crippen molar-refractivity contribution in [2.45, 2.75) is 19.9 Å². The van der Waals surface area contributed by atoms with E-state index in [4.69, 9.17) is 0 Å². The van der Waals surface area contributed by atoms with Gasteiger partial charge in [0.05, 0.1) is 7.11 Å². The minimum atomic E-state index is -0.425. The highest BCUT2D eigenvalue weighted by atomic mass is 16.5. The van der Waals surface area contributed by atoms with E-state index >= 15 is 0 Å². The van der Waals surface area contributed by atoms with Gasteiger partial charge in [0.1, 0.15) is 6.54 Å². The second kappa shape index (κ2) is 7.58. The van der Waals surface area contributed by atoms with Crippen LogP contribution in [0.2, 0.25) is 0 Å². The molecular weight excluding hydrogens is 290 g/mol. The monoisotopic (exact) mass is 311 g/mol. The summed E-state index contributed by atoms with van der Waals surface area (Å²) in [7, 11) is 1.32. The number of carbonyl (C=O) groups is 2. The van der Waals surface area contributed by atoms with Crippen molar-refractivity contribution >= 4 is 28.7 Å². The van der Waals surface area contributed by atoms with Crippen molar-refractivity contribution in [3.63, 3.8) is 0 Å².